The zero-order chi connectivity index (χ0) is 18.4. The largest absolute Gasteiger partial charge is 0.393 e. The number of hydrogen-bond acceptors (Lipinski definition) is 4. The van der Waals surface area contributed by atoms with Crippen molar-refractivity contribution in [2.24, 2.45) is 0 Å². The minimum absolute atomic E-state index is 0.146. The van der Waals surface area contributed by atoms with Gasteiger partial charge < -0.3 is 10.2 Å². The van der Waals surface area contributed by atoms with Crippen molar-refractivity contribution < 1.29 is 10.2 Å². The average Bonchev–Trinajstić information content (AvgIpc) is 3.05. The standard InChI is InChI=1S/C21H31N3O2/c1-2-3-5-18-6-8-20(9-7-18)24-16-19(14-22-24)15-23-12-4-10-21(26,17-25)11-13-23/h6-9,14,16,25-26H,2-5,10-13,15,17H2,1H3/t21-/m0/s1. The molecular formula is C21H31N3O2. The molecule has 2 N–H and O–H groups in total. The molecule has 1 aromatic heterocycles. The maximum atomic E-state index is 10.3. The summed E-state index contributed by atoms with van der Waals surface area (Å²) in [6.07, 6.45) is 9.79. The van der Waals surface area contributed by atoms with Crippen molar-refractivity contribution in [2.45, 2.75) is 57.6 Å². The van der Waals surface area contributed by atoms with Crippen LogP contribution < -0.4 is 0 Å². The maximum absolute atomic E-state index is 10.3. The smallest absolute Gasteiger partial charge is 0.0890 e. The highest BCUT2D eigenvalue weighted by Gasteiger charge is 2.29. The van der Waals surface area contributed by atoms with E-state index in [0.717, 1.165) is 38.2 Å². The average molecular weight is 357 g/mol. The molecule has 0 amide bonds. The van der Waals surface area contributed by atoms with Crippen molar-refractivity contribution in [1.29, 1.82) is 0 Å². The van der Waals surface area contributed by atoms with Crippen LogP contribution in [0.25, 0.3) is 5.69 Å². The van der Waals surface area contributed by atoms with Gasteiger partial charge in [0.05, 0.1) is 24.1 Å². The van der Waals surface area contributed by atoms with Crippen molar-refractivity contribution >= 4 is 0 Å². The molecular weight excluding hydrogens is 326 g/mol. The molecule has 1 aliphatic heterocycles. The molecule has 0 aliphatic carbocycles. The summed E-state index contributed by atoms with van der Waals surface area (Å²) in [7, 11) is 0. The van der Waals surface area contributed by atoms with Gasteiger partial charge >= 0.3 is 0 Å². The van der Waals surface area contributed by atoms with Gasteiger partial charge in [0.1, 0.15) is 0 Å². The number of nitrogens with zero attached hydrogens (tertiary/aromatic N) is 3. The van der Waals surface area contributed by atoms with E-state index in [4.69, 9.17) is 0 Å². The second-order valence-corrected chi connectivity index (χ2v) is 7.58. The van der Waals surface area contributed by atoms with E-state index >= 15 is 0 Å². The van der Waals surface area contributed by atoms with Crippen LogP contribution in [-0.4, -0.2) is 50.2 Å². The topological polar surface area (TPSA) is 61.5 Å². The van der Waals surface area contributed by atoms with Crippen LogP contribution in [-0.2, 0) is 13.0 Å². The Morgan fingerprint density at radius 3 is 2.65 bits per heavy atom. The van der Waals surface area contributed by atoms with E-state index < -0.39 is 5.60 Å². The van der Waals surface area contributed by atoms with Crippen LogP contribution in [0.2, 0.25) is 0 Å². The quantitative estimate of drug-likeness (QED) is 0.800. The van der Waals surface area contributed by atoms with Crippen LogP contribution >= 0.6 is 0 Å². The molecule has 0 spiro atoms. The van der Waals surface area contributed by atoms with E-state index in [1.807, 2.05) is 10.9 Å². The highest BCUT2D eigenvalue weighted by Crippen LogP contribution is 2.23. The number of rotatable bonds is 7. The van der Waals surface area contributed by atoms with Crippen LogP contribution in [0.1, 0.15) is 50.2 Å². The lowest BCUT2D eigenvalue weighted by molar-refractivity contribution is -0.0255. The van der Waals surface area contributed by atoms with E-state index in [1.165, 1.54) is 24.0 Å². The minimum atomic E-state index is -0.904. The van der Waals surface area contributed by atoms with E-state index in [2.05, 4.69) is 47.4 Å². The van der Waals surface area contributed by atoms with Gasteiger partial charge in [-0.05, 0) is 56.3 Å². The van der Waals surface area contributed by atoms with E-state index in [-0.39, 0.29) is 6.61 Å². The number of benzene rings is 1. The molecule has 0 radical (unpaired) electrons. The van der Waals surface area contributed by atoms with Crippen LogP contribution in [0.3, 0.4) is 0 Å². The molecule has 0 saturated carbocycles. The lowest BCUT2D eigenvalue weighted by Gasteiger charge is -2.24. The highest BCUT2D eigenvalue weighted by atomic mass is 16.3. The SMILES string of the molecule is CCCCc1ccc(-n2cc(CN3CCC[C@@](O)(CO)CC3)cn2)cc1. The van der Waals surface area contributed by atoms with Gasteiger partial charge in [-0.1, -0.05) is 25.5 Å². The number of aryl methyl sites for hydroxylation is 1. The fourth-order valence-electron chi connectivity index (χ4n) is 3.59. The summed E-state index contributed by atoms with van der Waals surface area (Å²) < 4.78 is 1.93. The third-order valence-electron chi connectivity index (χ3n) is 5.37. The third kappa shape index (κ3) is 4.93. The van der Waals surface area contributed by atoms with Crippen LogP contribution in [0.15, 0.2) is 36.7 Å². The summed E-state index contributed by atoms with van der Waals surface area (Å²) >= 11 is 0. The Bertz CT molecular complexity index is 683. The molecule has 26 heavy (non-hydrogen) atoms. The Labute approximate surface area is 156 Å². The molecule has 1 aromatic carbocycles. The first-order valence-electron chi connectivity index (χ1n) is 9.80. The third-order valence-corrected chi connectivity index (χ3v) is 5.37. The van der Waals surface area contributed by atoms with Gasteiger partial charge in [-0.3, -0.25) is 4.90 Å². The van der Waals surface area contributed by atoms with E-state index in [0.29, 0.717) is 12.8 Å². The molecule has 2 aromatic rings. The van der Waals surface area contributed by atoms with Crippen molar-refractivity contribution in [3.05, 3.63) is 47.8 Å². The summed E-state index contributed by atoms with van der Waals surface area (Å²) in [5.74, 6) is 0. The number of aromatic nitrogens is 2. The lowest BCUT2D eigenvalue weighted by atomic mass is 9.96. The summed E-state index contributed by atoms with van der Waals surface area (Å²) in [5, 5.41) is 24.2. The fourth-order valence-corrected chi connectivity index (χ4v) is 3.59. The highest BCUT2D eigenvalue weighted by molar-refractivity contribution is 5.34. The molecule has 1 fully saturated rings. The number of unbranched alkanes of at least 4 members (excludes halogenated alkanes) is 1. The van der Waals surface area contributed by atoms with Crippen LogP contribution in [0.4, 0.5) is 0 Å². The first-order valence-corrected chi connectivity index (χ1v) is 9.80. The van der Waals surface area contributed by atoms with Crippen molar-refractivity contribution in [3.8, 4) is 5.69 Å². The molecule has 3 rings (SSSR count). The van der Waals surface area contributed by atoms with E-state index in [1.54, 1.807) is 0 Å². The molecule has 5 heteroatoms. The van der Waals surface area contributed by atoms with Crippen molar-refractivity contribution in [2.75, 3.05) is 19.7 Å². The molecule has 1 saturated heterocycles. The molecule has 142 valence electrons. The zero-order valence-corrected chi connectivity index (χ0v) is 15.8. The predicted octanol–water partition coefficient (Wildman–Crippen LogP) is 2.92. The van der Waals surface area contributed by atoms with Gasteiger partial charge in [0.25, 0.3) is 0 Å². The summed E-state index contributed by atoms with van der Waals surface area (Å²) in [6, 6.07) is 8.65. The van der Waals surface area contributed by atoms with Crippen molar-refractivity contribution in [1.82, 2.24) is 14.7 Å². The first kappa shape index (κ1) is 19.1. The van der Waals surface area contributed by atoms with Gasteiger partial charge in [0, 0.05) is 24.8 Å². The zero-order valence-electron chi connectivity index (χ0n) is 15.8. The molecule has 1 aliphatic rings. The summed E-state index contributed by atoms with van der Waals surface area (Å²) in [4.78, 5) is 2.34. The fraction of sp³-hybridized carbons (Fsp3) is 0.571. The van der Waals surface area contributed by atoms with Gasteiger partial charge in [-0.2, -0.15) is 5.10 Å². The van der Waals surface area contributed by atoms with Gasteiger partial charge in [0.2, 0.25) is 0 Å². The summed E-state index contributed by atoms with van der Waals surface area (Å²) in [5.41, 5.74) is 2.73. The Morgan fingerprint density at radius 2 is 1.92 bits per heavy atom. The number of aliphatic hydroxyl groups is 2. The maximum Gasteiger partial charge on any atom is 0.0890 e. The number of likely N-dealkylation sites (tertiary alicyclic amines) is 1. The molecule has 1 atom stereocenters. The second-order valence-electron chi connectivity index (χ2n) is 7.58. The lowest BCUT2D eigenvalue weighted by Crippen LogP contribution is -2.34. The first-order chi connectivity index (χ1) is 12.6. The minimum Gasteiger partial charge on any atom is -0.393 e. The normalized spacial score (nSPS) is 21.7. The summed E-state index contributed by atoms with van der Waals surface area (Å²) in [6.45, 7) is 4.64. The monoisotopic (exact) mass is 357 g/mol. The van der Waals surface area contributed by atoms with E-state index in [9.17, 15) is 10.2 Å². The predicted molar refractivity (Wildman–Crippen MR) is 103 cm³/mol. The number of hydrogen-bond donors (Lipinski definition) is 2. The molecule has 0 unspecified atom stereocenters. The Hall–Kier alpha value is -1.69. The molecule has 0 bridgehead atoms. The Balaban J connectivity index is 1.59. The molecule has 5 nitrogen and oxygen atoms in total. The molecule has 2 heterocycles. The van der Waals surface area contributed by atoms with Crippen LogP contribution in [0.5, 0.6) is 0 Å². The Morgan fingerprint density at radius 1 is 1.12 bits per heavy atom. The van der Waals surface area contributed by atoms with Gasteiger partial charge in [0.15, 0.2) is 0 Å². The second kappa shape index (κ2) is 8.80. The van der Waals surface area contributed by atoms with Crippen molar-refractivity contribution in [3.63, 3.8) is 0 Å². The Kier molecular flexibility index (Phi) is 6.46. The number of aliphatic hydroxyl groups excluding tert-OH is 1. The van der Waals surface area contributed by atoms with Gasteiger partial charge in [-0.25, -0.2) is 4.68 Å². The van der Waals surface area contributed by atoms with Gasteiger partial charge in [-0.15, -0.1) is 0 Å². The van der Waals surface area contributed by atoms with Crippen LogP contribution in [0, 0.1) is 0 Å².